The lowest BCUT2D eigenvalue weighted by molar-refractivity contribution is 0.0951. The molecule has 0 atom stereocenters. The van der Waals surface area contributed by atoms with Gasteiger partial charge in [-0.3, -0.25) is 4.79 Å². The van der Waals surface area contributed by atoms with Gasteiger partial charge in [0.2, 0.25) is 0 Å². The Morgan fingerprint density at radius 2 is 2.04 bits per heavy atom. The summed E-state index contributed by atoms with van der Waals surface area (Å²) >= 11 is 0. The maximum atomic E-state index is 12.3. The van der Waals surface area contributed by atoms with Gasteiger partial charge in [-0.05, 0) is 60.7 Å². The highest BCUT2D eigenvalue weighted by atomic mass is 16.1. The second kappa shape index (κ2) is 5.60. The van der Waals surface area contributed by atoms with E-state index in [-0.39, 0.29) is 5.91 Å². The van der Waals surface area contributed by atoms with Crippen molar-refractivity contribution in [1.29, 1.82) is 0 Å². The molecular weight excluding hydrogens is 300 g/mol. The minimum atomic E-state index is -0.00495. The third kappa shape index (κ3) is 2.69. The van der Waals surface area contributed by atoms with Crippen LogP contribution < -0.4 is 11.1 Å². The predicted octanol–water partition coefficient (Wildman–Crippen LogP) is 3.08. The Labute approximate surface area is 139 Å². The highest BCUT2D eigenvalue weighted by Gasteiger charge is 2.24. The van der Waals surface area contributed by atoms with Crippen LogP contribution in [0.2, 0.25) is 0 Å². The highest BCUT2D eigenvalue weighted by Crippen LogP contribution is 2.29. The van der Waals surface area contributed by atoms with Gasteiger partial charge in [0.15, 0.2) is 5.82 Å². The topological polar surface area (TPSA) is 80.9 Å². The number of rotatable bonds is 3. The van der Waals surface area contributed by atoms with Crippen LogP contribution in [-0.2, 0) is 0 Å². The summed E-state index contributed by atoms with van der Waals surface area (Å²) in [6, 6.07) is 12.2. The number of nitrogen functional groups attached to an aromatic ring is 1. The molecule has 1 heterocycles. The number of aryl methyl sites for hydroxylation is 1. The number of amides is 1. The molecule has 1 aliphatic rings. The number of benzene rings is 2. The molecule has 1 fully saturated rings. The van der Waals surface area contributed by atoms with Gasteiger partial charge in [-0.2, -0.15) is 5.10 Å². The van der Waals surface area contributed by atoms with Gasteiger partial charge >= 0.3 is 0 Å². The molecule has 0 aliphatic heterocycles. The van der Waals surface area contributed by atoms with Gasteiger partial charge in [0, 0.05) is 22.4 Å². The Balaban J connectivity index is 1.76. The molecule has 1 aromatic heterocycles. The van der Waals surface area contributed by atoms with Crippen molar-refractivity contribution in [3.8, 4) is 11.1 Å². The highest BCUT2D eigenvalue weighted by molar-refractivity contribution is 5.97. The summed E-state index contributed by atoms with van der Waals surface area (Å²) in [6.07, 6.45) is 3.86. The molecule has 0 saturated heterocycles. The molecule has 2 aromatic carbocycles. The number of fused-ring (bicyclic) bond motifs is 1. The van der Waals surface area contributed by atoms with Crippen LogP contribution in [-0.4, -0.2) is 22.1 Å². The molecule has 5 nitrogen and oxygen atoms in total. The maximum Gasteiger partial charge on any atom is 0.251 e. The van der Waals surface area contributed by atoms with Gasteiger partial charge in [0.1, 0.15) is 0 Å². The summed E-state index contributed by atoms with van der Waals surface area (Å²) < 4.78 is 0. The zero-order valence-electron chi connectivity index (χ0n) is 13.4. The van der Waals surface area contributed by atoms with Crippen LogP contribution in [0.4, 0.5) is 5.82 Å². The molecule has 4 rings (SSSR count). The Morgan fingerprint density at radius 3 is 2.83 bits per heavy atom. The number of aromatic nitrogens is 2. The van der Waals surface area contributed by atoms with Crippen molar-refractivity contribution in [2.45, 2.75) is 25.8 Å². The number of carbonyl (C=O) groups is 1. The molecule has 1 saturated carbocycles. The molecule has 3 aromatic rings. The fraction of sp³-hybridized carbons (Fsp3) is 0.211. The lowest BCUT2D eigenvalue weighted by Crippen LogP contribution is -2.25. The number of carbonyl (C=O) groups excluding carboxylic acids is 1. The number of nitrogens with two attached hydrogens (primary N) is 1. The first-order valence-corrected chi connectivity index (χ1v) is 8.04. The van der Waals surface area contributed by atoms with Crippen molar-refractivity contribution < 1.29 is 4.79 Å². The standard InChI is InChI=1S/C19H18N4O/c1-11-2-3-13(19(24)22-15-5-6-15)9-17(11)12-4-7-16-14(8-12)10-21-23-18(16)20/h2-4,7-10,15H,5-6H2,1H3,(H2,20,23)(H,22,24). The van der Waals surface area contributed by atoms with E-state index in [1.54, 1.807) is 6.20 Å². The van der Waals surface area contributed by atoms with Crippen molar-refractivity contribution in [2.75, 3.05) is 5.73 Å². The van der Waals surface area contributed by atoms with Crippen molar-refractivity contribution in [2.24, 2.45) is 0 Å². The van der Waals surface area contributed by atoms with E-state index in [0.29, 0.717) is 17.4 Å². The smallest absolute Gasteiger partial charge is 0.251 e. The molecule has 1 amide bonds. The first-order chi connectivity index (χ1) is 11.6. The summed E-state index contributed by atoms with van der Waals surface area (Å²) in [5, 5.41) is 12.6. The minimum absolute atomic E-state index is 0.00495. The van der Waals surface area contributed by atoms with E-state index in [0.717, 1.165) is 40.3 Å². The molecule has 0 spiro atoms. The molecule has 5 heteroatoms. The number of nitrogens with one attached hydrogen (secondary N) is 1. The molecule has 120 valence electrons. The average molecular weight is 318 g/mol. The molecule has 24 heavy (non-hydrogen) atoms. The van der Waals surface area contributed by atoms with Crippen LogP contribution >= 0.6 is 0 Å². The van der Waals surface area contributed by atoms with E-state index in [9.17, 15) is 4.79 Å². The summed E-state index contributed by atoms with van der Waals surface area (Å²) in [5.41, 5.74) is 9.75. The van der Waals surface area contributed by atoms with Crippen molar-refractivity contribution >= 4 is 22.5 Å². The number of nitrogens with zero attached hydrogens (tertiary/aromatic N) is 2. The van der Waals surface area contributed by atoms with Crippen LogP contribution in [0, 0.1) is 6.92 Å². The van der Waals surface area contributed by atoms with Crippen LogP contribution in [0.1, 0.15) is 28.8 Å². The molecule has 0 unspecified atom stereocenters. The first kappa shape index (κ1) is 14.6. The second-order valence-electron chi connectivity index (χ2n) is 6.31. The molecular formula is C19H18N4O. The fourth-order valence-corrected chi connectivity index (χ4v) is 2.85. The quantitative estimate of drug-likeness (QED) is 0.777. The largest absolute Gasteiger partial charge is 0.382 e. The SMILES string of the molecule is Cc1ccc(C(=O)NC2CC2)cc1-c1ccc2c(N)nncc2c1. The lowest BCUT2D eigenvalue weighted by Gasteiger charge is -2.11. The average Bonchev–Trinajstić information content (AvgIpc) is 3.39. The first-order valence-electron chi connectivity index (χ1n) is 8.04. The van der Waals surface area contributed by atoms with E-state index in [1.807, 2.05) is 43.3 Å². The third-order valence-electron chi connectivity index (χ3n) is 4.41. The Kier molecular flexibility index (Phi) is 3.41. The number of anilines is 1. The third-order valence-corrected chi connectivity index (χ3v) is 4.41. The normalized spacial score (nSPS) is 13.9. The van der Waals surface area contributed by atoms with Gasteiger partial charge in [-0.1, -0.05) is 12.1 Å². The monoisotopic (exact) mass is 318 g/mol. The van der Waals surface area contributed by atoms with Crippen molar-refractivity contribution in [3.63, 3.8) is 0 Å². The minimum Gasteiger partial charge on any atom is -0.382 e. The van der Waals surface area contributed by atoms with Gasteiger partial charge in [0.25, 0.3) is 5.91 Å². The Hall–Kier alpha value is -2.95. The fourth-order valence-electron chi connectivity index (χ4n) is 2.85. The zero-order chi connectivity index (χ0) is 16.7. The maximum absolute atomic E-state index is 12.3. The molecule has 1 aliphatic carbocycles. The number of hydrogen-bond donors (Lipinski definition) is 2. The van der Waals surface area contributed by atoms with Crippen LogP contribution in [0.5, 0.6) is 0 Å². The van der Waals surface area contributed by atoms with E-state index in [1.165, 1.54) is 0 Å². The molecule has 0 radical (unpaired) electrons. The molecule has 3 N–H and O–H groups in total. The van der Waals surface area contributed by atoms with Crippen molar-refractivity contribution in [1.82, 2.24) is 15.5 Å². The summed E-state index contributed by atoms with van der Waals surface area (Å²) in [5.74, 6) is 0.419. The summed E-state index contributed by atoms with van der Waals surface area (Å²) in [4.78, 5) is 12.3. The Bertz CT molecular complexity index is 947. The van der Waals surface area contributed by atoms with Crippen LogP contribution in [0.25, 0.3) is 21.9 Å². The second-order valence-corrected chi connectivity index (χ2v) is 6.31. The Morgan fingerprint density at radius 1 is 1.21 bits per heavy atom. The summed E-state index contributed by atoms with van der Waals surface area (Å²) in [7, 11) is 0. The van der Waals surface area contributed by atoms with E-state index in [2.05, 4.69) is 15.5 Å². The van der Waals surface area contributed by atoms with Crippen LogP contribution in [0.15, 0.2) is 42.6 Å². The van der Waals surface area contributed by atoms with E-state index in [4.69, 9.17) is 5.73 Å². The van der Waals surface area contributed by atoms with E-state index < -0.39 is 0 Å². The van der Waals surface area contributed by atoms with E-state index >= 15 is 0 Å². The summed E-state index contributed by atoms with van der Waals surface area (Å²) in [6.45, 7) is 2.04. The van der Waals surface area contributed by atoms with Gasteiger partial charge < -0.3 is 11.1 Å². The molecule has 0 bridgehead atoms. The predicted molar refractivity (Wildman–Crippen MR) is 94.6 cm³/mol. The van der Waals surface area contributed by atoms with Crippen molar-refractivity contribution in [3.05, 3.63) is 53.7 Å². The lowest BCUT2D eigenvalue weighted by atomic mass is 9.96. The van der Waals surface area contributed by atoms with Gasteiger partial charge in [-0.15, -0.1) is 5.10 Å². The number of hydrogen-bond acceptors (Lipinski definition) is 4. The van der Waals surface area contributed by atoms with Crippen LogP contribution in [0.3, 0.4) is 0 Å². The van der Waals surface area contributed by atoms with Gasteiger partial charge in [-0.25, -0.2) is 0 Å². The van der Waals surface area contributed by atoms with Gasteiger partial charge in [0.05, 0.1) is 6.20 Å². The zero-order valence-corrected chi connectivity index (χ0v) is 13.4.